The highest BCUT2D eigenvalue weighted by Gasteiger charge is 2.66. The second kappa shape index (κ2) is 4.57. The number of Topliss-reactive ketones (excluding diaryl/α,β-unsaturated/α-hetero) is 1. The summed E-state index contributed by atoms with van der Waals surface area (Å²) in [7, 11) is 0. The number of carbonyl (C=O) groups is 1. The zero-order valence-electron chi connectivity index (χ0n) is 14.0. The fourth-order valence-corrected chi connectivity index (χ4v) is 6.96. The number of aliphatic hydroxyl groups excluding tert-OH is 1. The molecular formula is C19H30O3. The lowest BCUT2D eigenvalue weighted by molar-refractivity contribution is -0.235. The van der Waals surface area contributed by atoms with E-state index in [4.69, 9.17) is 0 Å². The molecule has 0 saturated heterocycles. The molecule has 0 aliphatic heterocycles. The molecule has 0 amide bonds. The molecule has 124 valence electrons. The largest absolute Gasteiger partial charge is 0.393 e. The molecule has 4 saturated carbocycles. The van der Waals surface area contributed by atoms with Gasteiger partial charge in [-0.3, -0.25) is 4.79 Å². The van der Waals surface area contributed by atoms with Gasteiger partial charge in [-0.15, -0.1) is 0 Å². The molecule has 0 aromatic rings. The van der Waals surface area contributed by atoms with Crippen molar-refractivity contribution in [2.75, 3.05) is 0 Å². The van der Waals surface area contributed by atoms with Crippen LogP contribution in [-0.4, -0.2) is 27.7 Å². The Morgan fingerprint density at radius 2 is 1.73 bits per heavy atom. The molecule has 4 rings (SSSR count). The first-order valence-corrected chi connectivity index (χ1v) is 9.23. The predicted molar refractivity (Wildman–Crippen MR) is 84.2 cm³/mol. The first-order valence-electron chi connectivity index (χ1n) is 9.23. The average molecular weight is 306 g/mol. The number of aliphatic hydroxyl groups is 2. The van der Waals surface area contributed by atoms with Gasteiger partial charge in [-0.05, 0) is 68.1 Å². The third-order valence-corrected chi connectivity index (χ3v) is 8.62. The standard InChI is InChI=1S/C19H30O3/c1-17-9-10-19(22)15(14(17)5-6-16(17)21)4-3-12-11-13(20)7-8-18(12,19)2/h12,14-16,21-22H,3-11H2,1-2H3/t12-,14-,15-,16+,17-,18-,19+/m0/s1. The SMILES string of the molecule is C[C@]12CC[C@@]3(O)[C@@H](CC[C@H]4CC(=O)CC[C@@]43C)[C@@H]1CC[C@H]2O. The van der Waals surface area contributed by atoms with Crippen molar-refractivity contribution in [1.82, 2.24) is 0 Å². The molecule has 4 aliphatic rings. The van der Waals surface area contributed by atoms with Gasteiger partial charge in [0, 0.05) is 18.3 Å². The second-order valence-electron chi connectivity index (χ2n) is 9.17. The Bertz CT molecular complexity index is 503. The van der Waals surface area contributed by atoms with Crippen molar-refractivity contribution in [2.45, 2.75) is 83.3 Å². The van der Waals surface area contributed by atoms with Crippen LogP contribution >= 0.6 is 0 Å². The summed E-state index contributed by atoms with van der Waals surface area (Å²) >= 11 is 0. The van der Waals surface area contributed by atoms with E-state index in [1.807, 2.05) is 0 Å². The Morgan fingerprint density at radius 3 is 2.50 bits per heavy atom. The summed E-state index contributed by atoms with van der Waals surface area (Å²) in [5, 5.41) is 22.2. The van der Waals surface area contributed by atoms with Crippen LogP contribution in [-0.2, 0) is 4.79 Å². The van der Waals surface area contributed by atoms with Gasteiger partial charge in [0.25, 0.3) is 0 Å². The number of hydrogen-bond acceptors (Lipinski definition) is 3. The first kappa shape index (κ1) is 15.1. The van der Waals surface area contributed by atoms with E-state index in [9.17, 15) is 15.0 Å². The van der Waals surface area contributed by atoms with Crippen molar-refractivity contribution in [3.63, 3.8) is 0 Å². The van der Waals surface area contributed by atoms with Crippen LogP contribution in [0.5, 0.6) is 0 Å². The molecule has 0 bridgehead atoms. The summed E-state index contributed by atoms with van der Waals surface area (Å²) in [6.45, 7) is 4.50. The van der Waals surface area contributed by atoms with E-state index in [2.05, 4.69) is 13.8 Å². The van der Waals surface area contributed by atoms with Crippen molar-refractivity contribution >= 4 is 5.78 Å². The van der Waals surface area contributed by atoms with Crippen molar-refractivity contribution in [3.8, 4) is 0 Å². The van der Waals surface area contributed by atoms with Gasteiger partial charge in [0.15, 0.2) is 0 Å². The van der Waals surface area contributed by atoms with Crippen LogP contribution < -0.4 is 0 Å². The van der Waals surface area contributed by atoms with Crippen LogP contribution in [0.1, 0.15) is 71.6 Å². The summed E-state index contributed by atoms with van der Waals surface area (Å²) in [5.41, 5.74) is -0.714. The molecular weight excluding hydrogens is 276 g/mol. The maximum atomic E-state index is 11.9. The molecule has 3 heteroatoms. The number of hydrogen-bond donors (Lipinski definition) is 2. The van der Waals surface area contributed by atoms with Crippen molar-refractivity contribution in [3.05, 3.63) is 0 Å². The molecule has 22 heavy (non-hydrogen) atoms. The zero-order valence-corrected chi connectivity index (χ0v) is 14.0. The fraction of sp³-hybridized carbons (Fsp3) is 0.947. The quantitative estimate of drug-likeness (QED) is 0.723. The van der Waals surface area contributed by atoms with Crippen LogP contribution in [0.25, 0.3) is 0 Å². The molecule has 0 unspecified atom stereocenters. The molecule has 0 spiro atoms. The Morgan fingerprint density at radius 1 is 1.00 bits per heavy atom. The van der Waals surface area contributed by atoms with Gasteiger partial charge in [-0.2, -0.15) is 0 Å². The molecule has 7 atom stereocenters. The Hall–Kier alpha value is -0.410. The second-order valence-corrected chi connectivity index (χ2v) is 9.17. The average Bonchev–Trinajstić information content (AvgIpc) is 2.77. The number of fused-ring (bicyclic) bond motifs is 5. The first-order chi connectivity index (χ1) is 10.3. The van der Waals surface area contributed by atoms with E-state index in [-0.39, 0.29) is 16.9 Å². The lowest BCUT2D eigenvalue weighted by atomic mass is 9.43. The molecule has 0 aromatic heterocycles. The highest BCUT2D eigenvalue weighted by molar-refractivity contribution is 5.79. The Kier molecular flexibility index (Phi) is 3.14. The Balaban J connectivity index is 1.71. The molecule has 0 heterocycles. The van der Waals surface area contributed by atoms with Gasteiger partial charge in [-0.1, -0.05) is 13.8 Å². The van der Waals surface area contributed by atoms with Crippen molar-refractivity contribution < 1.29 is 15.0 Å². The van der Waals surface area contributed by atoms with E-state index in [1.165, 1.54) is 0 Å². The van der Waals surface area contributed by atoms with E-state index in [0.29, 0.717) is 36.4 Å². The lowest BCUT2D eigenvalue weighted by Crippen LogP contribution is -2.65. The molecule has 2 N–H and O–H groups in total. The minimum atomic E-state index is -0.620. The number of ketones is 1. The summed E-state index contributed by atoms with van der Waals surface area (Å²) in [6, 6.07) is 0. The fourth-order valence-electron chi connectivity index (χ4n) is 6.96. The van der Waals surface area contributed by atoms with Gasteiger partial charge in [0.2, 0.25) is 0 Å². The summed E-state index contributed by atoms with van der Waals surface area (Å²) in [6.07, 6.45) is 7.80. The van der Waals surface area contributed by atoms with Crippen LogP contribution in [0, 0.1) is 28.6 Å². The highest BCUT2D eigenvalue weighted by atomic mass is 16.3. The topological polar surface area (TPSA) is 57.5 Å². The molecule has 4 fully saturated rings. The van der Waals surface area contributed by atoms with Gasteiger partial charge in [0.05, 0.1) is 11.7 Å². The van der Waals surface area contributed by atoms with Crippen LogP contribution in [0.4, 0.5) is 0 Å². The van der Waals surface area contributed by atoms with E-state index in [1.54, 1.807) is 0 Å². The maximum absolute atomic E-state index is 11.9. The molecule has 0 radical (unpaired) electrons. The van der Waals surface area contributed by atoms with Gasteiger partial charge >= 0.3 is 0 Å². The van der Waals surface area contributed by atoms with Gasteiger partial charge in [-0.25, -0.2) is 0 Å². The third-order valence-electron chi connectivity index (χ3n) is 8.62. The summed E-state index contributed by atoms with van der Waals surface area (Å²) < 4.78 is 0. The van der Waals surface area contributed by atoms with Crippen molar-refractivity contribution in [2.24, 2.45) is 28.6 Å². The van der Waals surface area contributed by atoms with Gasteiger partial charge in [0.1, 0.15) is 5.78 Å². The highest BCUT2D eigenvalue weighted by Crippen LogP contribution is 2.67. The number of rotatable bonds is 0. The normalized spacial score (nSPS) is 57.9. The van der Waals surface area contributed by atoms with Crippen LogP contribution in [0.3, 0.4) is 0 Å². The van der Waals surface area contributed by atoms with E-state index in [0.717, 1.165) is 44.9 Å². The minimum Gasteiger partial charge on any atom is -0.393 e. The molecule has 0 aromatic carbocycles. The minimum absolute atomic E-state index is 0.00454. The molecule has 3 nitrogen and oxygen atoms in total. The predicted octanol–water partition coefficient (Wildman–Crippen LogP) is 3.07. The number of carbonyl (C=O) groups excluding carboxylic acids is 1. The van der Waals surface area contributed by atoms with E-state index >= 15 is 0 Å². The smallest absolute Gasteiger partial charge is 0.133 e. The monoisotopic (exact) mass is 306 g/mol. The zero-order chi connectivity index (χ0) is 15.8. The molecule has 4 aliphatic carbocycles. The van der Waals surface area contributed by atoms with Crippen LogP contribution in [0.2, 0.25) is 0 Å². The third kappa shape index (κ3) is 1.67. The van der Waals surface area contributed by atoms with E-state index < -0.39 is 5.60 Å². The summed E-state index contributed by atoms with van der Waals surface area (Å²) in [5.74, 6) is 1.53. The summed E-state index contributed by atoms with van der Waals surface area (Å²) in [4.78, 5) is 11.9. The maximum Gasteiger partial charge on any atom is 0.133 e. The van der Waals surface area contributed by atoms with Crippen molar-refractivity contribution in [1.29, 1.82) is 0 Å². The lowest BCUT2D eigenvalue weighted by Gasteiger charge is -2.64. The van der Waals surface area contributed by atoms with Gasteiger partial charge < -0.3 is 10.2 Å². The van der Waals surface area contributed by atoms with Crippen LogP contribution in [0.15, 0.2) is 0 Å². The Labute approximate surface area is 133 Å².